The second-order valence-corrected chi connectivity index (χ2v) is 10.2. The first kappa shape index (κ1) is 25.2. The summed E-state index contributed by atoms with van der Waals surface area (Å²) >= 11 is 6.55. The minimum absolute atomic E-state index is 0.0307. The molecule has 0 bridgehead atoms. The first-order valence-electron chi connectivity index (χ1n) is 12.1. The average molecular weight is 497 g/mol. The van der Waals surface area contributed by atoms with Crippen LogP contribution in [-0.2, 0) is 19.8 Å². The van der Waals surface area contributed by atoms with Gasteiger partial charge in [-0.1, -0.05) is 48.0 Å². The van der Waals surface area contributed by atoms with E-state index < -0.39 is 5.41 Å². The largest absolute Gasteiger partial charge is 0.368 e. The Kier molecular flexibility index (Phi) is 7.47. The third kappa shape index (κ3) is 5.07. The van der Waals surface area contributed by atoms with Gasteiger partial charge in [-0.25, -0.2) is 0 Å². The van der Waals surface area contributed by atoms with Crippen LogP contribution in [0.5, 0.6) is 0 Å². The molecule has 2 saturated heterocycles. The molecule has 4 rings (SSSR count). The number of nitrogens with zero attached hydrogens (tertiary/aromatic N) is 4. The molecule has 0 saturated carbocycles. The number of likely N-dealkylation sites (N-methyl/N-ethyl adjacent to an activating group) is 1. The molecular formula is C27H33ClN4O3. The lowest BCUT2D eigenvalue weighted by atomic mass is 9.75. The van der Waals surface area contributed by atoms with Crippen molar-refractivity contribution in [3.8, 4) is 0 Å². The van der Waals surface area contributed by atoms with Gasteiger partial charge < -0.3 is 14.7 Å². The summed E-state index contributed by atoms with van der Waals surface area (Å²) in [6.45, 7) is 4.84. The van der Waals surface area contributed by atoms with Gasteiger partial charge in [-0.05, 0) is 44.8 Å². The van der Waals surface area contributed by atoms with E-state index in [9.17, 15) is 14.4 Å². The van der Waals surface area contributed by atoms with Crippen molar-refractivity contribution >= 4 is 35.0 Å². The van der Waals surface area contributed by atoms with Crippen molar-refractivity contribution < 1.29 is 14.4 Å². The fraction of sp³-hybridized carbons (Fsp3) is 0.444. The molecule has 35 heavy (non-hydrogen) atoms. The van der Waals surface area contributed by atoms with Crippen LogP contribution in [0.3, 0.4) is 0 Å². The Morgan fingerprint density at radius 2 is 1.74 bits per heavy atom. The van der Waals surface area contributed by atoms with Crippen molar-refractivity contribution in [2.24, 2.45) is 0 Å². The van der Waals surface area contributed by atoms with Crippen LogP contribution >= 0.6 is 11.6 Å². The lowest BCUT2D eigenvalue weighted by Crippen LogP contribution is -2.55. The summed E-state index contributed by atoms with van der Waals surface area (Å²) in [7, 11) is 3.79. The van der Waals surface area contributed by atoms with E-state index in [0.717, 1.165) is 5.69 Å². The molecule has 2 unspecified atom stereocenters. The molecule has 2 atom stereocenters. The Bertz CT molecular complexity index is 1090. The molecule has 186 valence electrons. The van der Waals surface area contributed by atoms with Crippen LogP contribution in [-0.4, -0.2) is 85.3 Å². The van der Waals surface area contributed by atoms with E-state index in [1.165, 1.54) is 4.90 Å². The van der Waals surface area contributed by atoms with E-state index in [4.69, 9.17) is 11.6 Å². The molecule has 2 heterocycles. The fourth-order valence-electron chi connectivity index (χ4n) is 5.18. The fourth-order valence-corrected chi connectivity index (χ4v) is 5.50. The van der Waals surface area contributed by atoms with E-state index in [1.807, 2.05) is 49.0 Å². The molecular weight excluding hydrogens is 464 g/mol. The Morgan fingerprint density at radius 1 is 1.06 bits per heavy atom. The second-order valence-electron chi connectivity index (χ2n) is 9.79. The van der Waals surface area contributed by atoms with Gasteiger partial charge in [-0.3, -0.25) is 19.3 Å². The van der Waals surface area contributed by atoms with Gasteiger partial charge in [0.15, 0.2) is 0 Å². The Morgan fingerprint density at radius 3 is 2.40 bits per heavy atom. The van der Waals surface area contributed by atoms with Crippen LogP contribution in [0, 0.1) is 0 Å². The van der Waals surface area contributed by atoms with Crippen molar-refractivity contribution in [3.05, 3.63) is 65.2 Å². The number of amides is 3. The number of carbonyl (C=O) groups excluding carboxylic acids is 3. The topological polar surface area (TPSA) is 64.2 Å². The number of likely N-dealkylation sites (tertiary alicyclic amines) is 1. The van der Waals surface area contributed by atoms with Gasteiger partial charge in [0.1, 0.15) is 0 Å². The van der Waals surface area contributed by atoms with Gasteiger partial charge in [-0.2, -0.15) is 0 Å². The summed E-state index contributed by atoms with van der Waals surface area (Å²) in [6, 6.07) is 17.2. The van der Waals surface area contributed by atoms with Gasteiger partial charge in [-0.15, -0.1) is 0 Å². The van der Waals surface area contributed by atoms with Gasteiger partial charge in [0.05, 0.1) is 5.41 Å². The smallest absolute Gasteiger partial charge is 0.240 e. The minimum Gasteiger partial charge on any atom is -0.368 e. The van der Waals surface area contributed by atoms with Crippen molar-refractivity contribution in [3.63, 3.8) is 0 Å². The highest BCUT2D eigenvalue weighted by atomic mass is 35.5. The van der Waals surface area contributed by atoms with Crippen molar-refractivity contribution in [1.82, 2.24) is 14.7 Å². The summed E-state index contributed by atoms with van der Waals surface area (Å²) in [5, 5.41) is 0.401. The molecule has 2 fully saturated rings. The zero-order valence-electron chi connectivity index (χ0n) is 20.6. The number of hydrogen-bond donors (Lipinski definition) is 0. The maximum Gasteiger partial charge on any atom is 0.240 e. The van der Waals surface area contributed by atoms with Gasteiger partial charge in [0, 0.05) is 62.3 Å². The number of carbonyl (C=O) groups is 3. The van der Waals surface area contributed by atoms with Crippen LogP contribution in [0.4, 0.5) is 5.69 Å². The summed E-state index contributed by atoms with van der Waals surface area (Å²) in [4.78, 5) is 47.9. The van der Waals surface area contributed by atoms with E-state index in [2.05, 4.69) is 17.0 Å². The quantitative estimate of drug-likeness (QED) is 0.551. The highest BCUT2D eigenvalue weighted by Crippen LogP contribution is 2.43. The highest BCUT2D eigenvalue weighted by Gasteiger charge is 2.55. The average Bonchev–Trinajstić information content (AvgIpc) is 3.07. The van der Waals surface area contributed by atoms with E-state index in [-0.39, 0.29) is 43.1 Å². The van der Waals surface area contributed by atoms with Crippen molar-refractivity contribution in [2.45, 2.75) is 31.2 Å². The number of benzene rings is 2. The standard InChI is InChI=1S/C27H33ClN4O3/c1-20-19-30(21-9-5-4-6-10-21)14-16-31(20)24(33)17-27(22-11-7-8-12-23(22)28)18-25(34)32(26(27)35)15-13-29(2)3/h4-12,20H,13-19H2,1-3H3. The third-order valence-electron chi connectivity index (χ3n) is 7.09. The molecule has 7 nitrogen and oxygen atoms in total. The van der Waals surface area contributed by atoms with Crippen LogP contribution in [0.1, 0.15) is 25.3 Å². The normalized spacial score (nSPS) is 22.9. The molecule has 0 aromatic heterocycles. The Balaban J connectivity index is 1.58. The highest BCUT2D eigenvalue weighted by molar-refractivity contribution is 6.32. The van der Waals surface area contributed by atoms with E-state index >= 15 is 0 Å². The summed E-state index contributed by atoms with van der Waals surface area (Å²) < 4.78 is 0. The number of imide groups is 1. The first-order valence-corrected chi connectivity index (χ1v) is 12.4. The van der Waals surface area contributed by atoms with Gasteiger partial charge >= 0.3 is 0 Å². The van der Waals surface area contributed by atoms with Crippen molar-refractivity contribution in [2.75, 3.05) is 51.7 Å². The molecule has 0 N–H and O–H groups in total. The van der Waals surface area contributed by atoms with Gasteiger partial charge in [0.25, 0.3) is 0 Å². The van der Waals surface area contributed by atoms with Crippen LogP contribution < -0.4 is 4.90 Å². The summed E-state index contributed by atoms with van der Waals surface area (Å²) in [5.74, 6) is -0.714. The summed E-state index contributed by atoms with van der Waals surface area (Å²) in [5.41, 5.74) is 0.401. The molecule has 0 spiro atoms. The molecule has 2 aliphatic rings. The third-order valence-corrected chi connectivity index (χ3v) is 7.42. The number of anilines is 1. The SMILES string of the molecule is CC1CN(c2ccccc2)CCN1C(=O)CC1(c2ccccc2Cl)CC(=O)N(CCN(C)C)C1=O. The Labute approximate surface area is 212 Å². The molecule has 0 aliphatic carbocycles. The van der Waals surface area contributed by atoms with Crippen molar-refractivity contribution in [1.29, 1.82) is 0 Å². The number of para-hydroxylation sites is 1. The first-order chi connectivity index (χ1) is 16.7. The summed E-state index contributed by atoms with van der Waals surface area (Å²) in [6.07, 6.45) is -0.122. The monoisotopic (exact) mass is 496 g/mol. The number of rotatable bonds is 7. The predicted octanol–water partition coefficient (Wildman–Crippen LogP) is 3.03. The minimum atomic E-state index is -1.28. The van der Waals surface area contributed by atoms with Crippen LogP contribution in [0.15, 0.2) is 54.6 Å². The Hall–Kier alpha value is -2.90. The zero-order chi connectivity index (χ0) is 25.2. The number of halogens is 1. The maximum absolute atomic E-state index is 13.8. The van der Waals surface area contributed by atoms with Crippen LogP contribution in [0.25, 0.3) is 0 Å². The molecule has 2 aliphatic heterocycles. The lowest BCUT2D eigenvalue weighted by molar-refractivity contribution is -0.143. The van der Waals surface area contributed by atoms with Gasteiger partial charge in [0.2, 0.25) is 17.7 Å². The van der Waals surface area contributed by atoms with Crippen LogP contribution in [0.2, 0.25) is 5.02 Å². The molecule has 2 aromatic rings. The van der Waals surface area contributed by atoms with E-state index in [0.29, 0.717) is 36.8 Å². The number of hydrogen-bond acceptors (Lipinski definition) is 5. The maximum atomic E-state index is 13.8. The molecule has 3 amide bonds. The van der Waals surface area contributed by atoms with E-state index in [1.54, 1.807) is 24.3 Å². The second kappa shape index (κ2) is 10.4. The molecule has 0 radical (unpaired) electrons. The predicted molar refractivity (Wildman–Crippen MR) is 137 cm³/mol. The molecule has 8 heteroatoms. The zero-order valence-corrected chi connectivity index (χ0v) is 21.4. The molecule has 2 aromatic carbocycles. The number of piperazine rings is 1. The lowest BCUT2D eigenvalue weighted by Gasteiger charge is -2.42.